The van der Waals surface area contributed by atoms with Crippen LogP contribution in [0.1, 0.15) is 20.3 Å². The standard InChI is InChI=1S/C18H20N4O2S/c1-3-15(25-18-21-14-6-5-11-19-16(14)22-18)17(23)20-12-7-9-13(10-8-12)24-4-2/h5-11,15H,3-4H2,1-2H3,(H,20,23)(H,19,21,22)/t15-/m0/s1. The molecule has 0 unspecified atom stereocenters. The Morgan fingerprint density at radius 3 is 2.76 bits per heavy atom. The first kappa shape index (κ1) is 17.3. The summed E-state index contributed by atoms with van der Waals surface area (Å²) in [5.74, 6) is 0.738. The fourth-order valence-electron chi connectivity index (χ4n) is 2.36. The van der Waals surface area contributed by atoms with E-state index in [4.69, 9.17) is 4.74 Å². The molecule has 0 saturated heterocycles. The molecule has 1 amide bonds. The van der Waals surface area contributed by atoms with E-state index in [1.54, 1.807) is 6.20 Å². The number of aromatic amines is 1. The van der Waals surface area contributed by atoms with E-state index < -0.39 is 0 Å². The quantitative estimate of drug-likeness (QED) is 0.628. The van der Waals surface area contributed by atoms with E-state index in [-0.39, 0.29) is 11.2 Å². The molecule has 1 atom stereocenters. The molecule has 7 heteroatoms. The molecule has 6 nitrogen and oxygen atoms in total. The van der Waals surface area contributed by atoms with Gasteiger partial charge in [0.1, 0.15) is 5.75 Å². The van der Waals surface area contributed by atoms with Crippen molar-refractivity contribution in [3.05, 3.63) is 42.6 Å². The number of nitrogens with one attached hydrogen (secondary N) is 2. The number of benzene rings is 1. The molecule has 1 aromatic carbocycles. The fraction of sp³-hybridized carbons (Fsp3) is 0.278. The van der Waals surface area contributed by atoms with Gasteiger partial charge in [-0.2, -0.15) is 0 Å². The Kier molecular flexibility index (Phi) is 5.55. The molecule has 0 saturated carbocycles. The molecule has 0 fully saturated rings. The largest absolute Gasteiger partial charge is 0.494 e. The van der Waals surface area contributed by atoms with Gasteiger partial charge in [0.15, 0.2) is 10.8 Å². The molecule has 2 aromatic heterocycles. The minimum absolute atomic E-state index is 0.0509. The van der Waals surface area contributed by atoms with E-state index in [9.17, 15) is 4.79 Å². The number of imidazole rings is 1. The number of aromatic nitrogens is 3. The van der Waals surface area contributed by atoms with Crippen molar-refractivity contribution in [2.24, 2.45) is 0 Å². The van der Waals surface area contributed by atoms with Gasteiger partial charge in [-0.1, -0.05) is 18.7 Å². The average molecular weight is 356 g/mol. The number of hydrogen-bond acceptors (Lipinski definition) is 5. The molecule has 0 bridgehead atoms. The third-order valence-corrected chi connectivity index (χ3v) is 4.83. The summed E-state index contributed by atoms with van der Waals surface area (Å²) in [4.78, 5) is 24.4. The van der Waals surface area contributed by atoms with Gasteiger partial charge < -0.3 is 15.0 Å². The van der Waals surface area contributed by atoms with Gasteiger partial charge in [-0.05, 0) is 49.7 Å². The highest BCUT2D eigenvalue weighted by atomic mass is 32.2. The van der Waals surface area contributed by atoms with E-state index in [1.807, 2.05) is 50.2 Å². The smallest absolute Gasteiger partial charge is 0.237 e. The van der Waals surface area contributed by atoms with Crippen LogP contribution in [0.5, 0.6) is 5.75 Å². The molecule has 3 aromatic rings. The van der Waals surface area contributed by atoms with Crippen LogP contribution in [-0.2, 0) is 4.79 Å². The summed E-state index contributed by atoms with van der Waals surface area (Å²) < 4.78 is 5.41. The van der Waals surface area contributed by atoms with Crippen molar-refractivity contribution in [2.75, 3.05) is 11.9 Å². The van der Waals surface area contributed by atoms with Crippen molar-refractivity contribution in [3.8, 4) is 5.75 Å². The minimum Gasteiger partial charge on any atom is -0.494 e. The molecule has 0 aliphatic rings. The number of hydrogen-bond donors (Lipinski definition) is 2. The number of carbonyl (C=O) groups excluding carboxylic acids is 1. The summed E-state index contributed by atoms with van der Waals surface area (Å²) in [7, 11) is 0. The normalized spacial score (nSPS) is 12.1. The molecule has 2 N–H and O–H groups in total. The van der Waals surface area contributed by atoms with Crippen LogP contribution >= 0.6 is 11.8 Å². The van der Waals surface area contributed by atoms with Crippen LogP contribution in [0.15, 0.2) is 47.8 Å². The van der Waals surface area contributed by atoms with Crippen LogP contribution in [0.3, 0.4) is 0 Å². The lowest BCUT2D eigenvalue weighted by molar-refractivity contribution is -0.115. The van der Waals surface area contributed by atoms with E-state index in [0.717, 1.165) is 17.0 Å². The number of anilines is 1. The number of amides is 1. The van der Waals surface area contributed by atoms with Crippen LogP contribution in [0.25, 0.3) is 11.2 Å². The van der Waals surface area contributed by atoms with Gasteiger partial charge in [0, 0.05) is 11.9 Å². The van der Waals surface area contributed by atoms with Crippen molar-refractivity contribution in [2.45, 2.75) is 30.7 Å². The number of thioether (sulfide) groups is 1. The lowest BCUT2D eigenvalue weighted by Crippen LogP contribution is -2.24. The minimum atomic E-state index is -0.243. The second-order valence-corrected chi connectivity index (χ2v) is 6.57. The monoisotopic (exact) mass is 356 g/mol. The highest BCUT2D eigenvalue weighted by Gasteiger charge is 2.20. The highest BCUT2D eigenvalue weighted by Crippen LogP contribution is 2.26. The van der Waals surface area contributed by atoms with Gasteiger partial charge in [0.2, 0.25) is 5.91 Å². The van der Waals surface area contributed by atoms with E-state index in [0.29, 0.717) is 23.8 Å². The molecular formula is C18H20N4O2S. The van der Waals surface area contributed by atoms with Crippen molar-refractivity contribution >= 4 is 34.5 Å². The number of ether oxygens (including phenoxy) is 1. The Morgan fingerprint density at radius 2 is 2.08 bits per heavy atom. The molecule has 0 aliphatic heterocycles. The maximum atomic E-state index is 12.6. The van der Waals surface area contributed by atoms with E-state index in [1.165, 1.54) is 11.8 Å². The van der Waals surface area contributed by atoms with Gasteiger partial charge in [-0.25, -0.2) is 9.97 Å². The van der Waals surface area contributed by atoms with E-state index >= 15 is 0 Å². The third kappa shape index (κ3) is 4.30. The summed E-state index contributed by atoms with van der Waals surface area (Å²) in [6, 6.07) is 11.1. The number of H-pyrrole nitrogens is 1. The van der Waals surface area contributed by atoms with Gasteiger partial charge >= 0.3 is 0 Å². The maximum absolute atomic E-state index is 12.6. The van der Waals surface area contributed by atoms with Crippen LogP contribution in [0, 0.1) is 0 Å². The zero-order valence-electron chi connectivity index (χ0n) is 14.2. The number of nitrogens with zero attached hydrogens (tertiary/aromatic N) is 2. The molecule has 130 valence electrons. The van der Waals surface area contributed by atoms with Gasteiger partial charge in [-0.15, -0.1) is 0 Å². The van der Waals surface area contributed by atoms with Crippen molar-refractivity contribution < 1.29 is 9.53 Å². The first-order valence-electron chi connectivity index (χ1n) is 8.20. The Labute approximate surface area is 150 Å². The topological polar surface area (TPSA) is 79.9 Å². The summed E-state index contributed by atoms with van der Waals surface area (Å²) in [6.45, 7) is 4.54. The second kappa shape index (κ2) is 8.02. The molecule has 0 aliphatic carbocycles. The Balaban J connectivity index is 1.66. The Hall–Kier alpha value is -2.54. The van der Waals surface area contributed by atoms with Gasteiger partial charge in [0.25, 0.3) is 0 Å². The predicted molar refractivity (Wildman–Crippen MR) is 100 cm³/mol. The van der Waals surface area contributed by atoms with Crippen molar-refractivity contribution in [3.63, 3.8) is 0 Å². The zero-order chi connectivity index (χ0) is 17.6. The Bertz CT molecular complexity index is 815. The van der Waals surface area contributed by atoms with Crippen LogP contribution in [0.4, 0.5) is 5.69 Å². The summed E-state index contributed by atoms with van der Waals surface area (Å²) in [5, 5.41) is 3.40. The summed E-state index contributed by atoms with van der Waals surface area (Å²) in [5.41, 5.74) is 2.28. The van der Waals surface area contributed by atoms with E-state index in [2.05, 4.69) is 20.3 Å². The van der Waals surface area contributed by atoms with Crippen molar-refractivity contribution in [1.29, 1.82) is 0 Å². The SMILES string of the molecule is CCOc1ccc(NC(=O)[C@H](CC)Sc2nc3ncccc3[nH]2)cc1. The Morgan fingerprint density at radius 1 is 1.28 bits per heavy atom. The van der Waals surface area contributed by atoms with Crippen LogP contribution < -0.4 is 10.1 Å². The average Bonchev–Trinajstić information content (AvgIpc) is 3.04. The first-order chi connectivity index (χ1) is 12.2. The molecule has 0 radical (unpaired) electrons. The van der Waals surface area contributed by atoms with Gasteiger partial charge in [-0.3, -0.25) is 4.79 Å². The first-order valence-corrected chi connectivity index (χ1v) is 9.08. The van der Waals surface area contributed by atoms with Crippen molar-refractivity contribution in [1.82, 2.24) is 15.0 Å². The summed E-state index contributed by atoms with van der Waals surface area (Å²) in [6.07, 6.45) is 2.39. The molecule has 25 heavy (non-hydrogen) atoms. The lowest BCUT2D eigenvalue weighted by Gasteiger charge is -2.13. The molecular weight excluding hydrogens is 336 g/mol. The third-order valence-electron chi connectivity index (χ3n) is 3.59. The highest BCUT2D eigenvalue weighted by molar-refractivity contribution is 8.00. The summed E-state index contributed by atoms with van der Waals surface area (Å²) >= 11 is 1.41. The number of pyridine rings is 1. The fourth-order valence-corrected chi connectivity index (χ4v) is 3.27. The number of carbonyl (C=O) groups is 1. The van der Waals surface area contributed by atoms with Gasteiger partial charge in [0.05, 0.1) is 17.4 Å². The number of rotatable bonds is 7. The van der Waals surface area contributed by atoms with Crippen LogP contribution in [0.2, 0.25) is 0 Å². The number of fused-ring (bicyclic) bond motifs is 1. The zero-order valence-corrected chi connectivity index (χ0v) is 15.0. The maximum Gasteiger partial charge on any atom is 0.237 e. The molecule has 3 rings (SSSR count). The molecule has 2 heterocycles. The second-order valence-electron chi connectivity index (χ2n) is 5.38. The lowest BCUT2D eigenvalue weighted by atomic mass is 10.2. The predicted octanol–water partition coefficient (Wildman–Crippen LogP) is 3.87. The van der Waals surface area contributed by atoms with Crippen LogP contribution in [-0.4, -0.2) is 32.7 Å². The molecule has 0 spiro atoms.